The molecule has 180 valence electrons. The number of anilines is 1. The fourth-order valence-electron chi connectivity index (χ4n) is 2.78. The van der Waals surface area contributed by atoms with Crippen molar-refractivity contribution in [3.8, 4) is 5.75 Å². The number of amides is 1. The third-order valence-electron chi connectivity index (χ3n) is 4.44. The topological polar surface area (TPSA) is 84.5 Å². The largest absolute Gasteiger partial charge is 0.482 e. The van der Waals surface area contributed by atoms with E-state index in [-0.39, 0.29) is 27.9 Å². The normalized spacial score (nSPS) is 11.8. The zero-order valence-corrected chi connectivity index (χ0v) is 19.5. The molecule has 0 radical (unpaired) electrons. The monoisotopic (exact) mass is 532 g/mol. The molecule has 3 aromatic rings. The smallest absolute Gasteiger partial charge is 0.417 e. The van der Waals surface area contributed by atoms with Crippen molar-refractivity contribution in [3.63, 3.8) is 0 Å². The summed E-state index contributed by atoms with van der Waals surface area (Å²) in [6.07, 6.45) is -4.68. The van der Waals surface area contributed by atoms with E-state index in [1.54, 1.807) is 24.3 Å². The van der Waals surface area contributed by atoms with Crippen LogP contribution in [0, 0.1) is 0 Å². The van der Waals surface area contributed by atoms with E-state index in [1.807, 2.05) is 6.07 Å². The molecule has 0 atom stereocenters. The third-order valence-corrected chi connectivity index (χ3v) is 6.46. The maximum Gasteiger partial charge on any atom is 0.417 e. The van der Waals surface area contributed by atoms with Gasteiger partial charge in [-0.15, -0.1) is 0 Å². The minimum Gasteiger partial charge on any atom is -0.482 e. The number of hydrogen-bond donors (Lipinski definition) is 2. The van der Waals surface area contributed by atoms with E-state index < -0.39 is 39.3 Å². The van der Waals surface area contributed by atoms with Crippen LogP contribution in [0.5, 0.6) is 5.75 Å². The van der Waals surface area contributed by atoms with Gasteiger partial charge in [-0.3, -0.25) is 4.79 Å². The first-order valence-corrected chi connectivity index (χ1v) is 11.8. The second-order valence-electron chi connectivity index (χ2n) is 6.93. The van der Waals surface area contributed by atoms with Crippen LogP contribution in [0.2, 0.25) is 10.0 Å². The van der Waals surface area contributed by atoms with Crippen molar-refractivity contribution in [3.05, 3.63) is 87.9 Å². The van der Waals surface area contributed by atoms with Crippen molar-refractivity contribution in [2.45, 2.75) is 17.6 Å². The first-order chi connectivity index (χ1) is 16.0. The van der Waals surface area contributed by atoms with Crippen molar-refractivity contribution in [1.82, 2.24) is 4.72 Å². The first-order valence-electron chi connectivity index (χ1n) is 9.58. The summed E-state index contributed by atoms with van der Waals surface area (Å²) in [6.45, 7) is -0.498. The highest BCUT2D eigenvalue weighted by molar-refractivity contribution is 7.89. The van der Waals surface area contributed by atoms with Crippen LogP contribution in [0.15, 0.2) is 71.6 Å². The van der Waals surface area contributed by atoms with Gasteiger partial charge in [-0.25, -0.2) is 13.1 Å². The summed E-state index contributed by atoms with van der Waals surface area (Å²) in [5, 5.41) is 1.70. The van der Waals surface area contributed by atoms with Gasteiger partial charge in [0, 0.05) is 12.2 Å². The minimum atomic E-state index is -4.68. The van der Waals surface area contributed by atoms with Crippen LogP contribution in [0.25, 0.3) is 0 Å². The lowest BCUT2D eigenvalue weighted by molar-refractivity contribution is -0.137. The first kappa shape index (κ1) is 25.8. The lowest BCUT2D eigenvalue weighted by atomic mass is 10.2. The summed E-state index contributed by atoms with van der Waals surface area (Å²) < 4.78 is 71.6. The van der Waals surface area contributed by atoms with Gasteiger partial charge in [0.15, 0.2) is 6.61 Å². The highest BCUT2D eigenvalue weighted by Gasteiger charge is 2.33. The Labute approximate surface area is 203 Å². The van der Waals surface area contributed by atoms with E-state index in [4.69, 9.17) is 27.9 Å². The molecule has 0 bridgehead atoms. The fourth-order valence-corrected chi connectivity index (χ4v) is 4.35. The summed E-state index contributed by atoms with van der Waals surface area (Å²) >= 11 is 11.6. The highest BCUT2D eigenvalue weighted by atomic mass is 35.5. The Morgan fingerprint density at radius 3 is 2.29 bits per heavy atom. The lowest BCUT2D eigenvalue weighted by Crippen LogP contribution is -2.23. The molecule has 0 aliphatic heterocycles. The number of halogens is 5. The fraction of sp³-hybridized carbons (Fsp3) is 0.136. The number of sulfonamides is 1. The van der Waals surface area contributed by atoms with E-state index in [2.05, 4.69) is 10.0 Å². The molecule has 3 aromatic carbocycles. The molecule has 0 fully saturated rings. The Morgan fingerprint density at radius 1 is 0.941 bits per heavy atom. The molecule has 0 aromatic heterocycles. The molecule has 0 aliphatic carbocycles. The van der Waals surface area contributed by atoms with Gasteiger partial charge in [-0.05, 0) is 42.0 Å². The predicted octanol–water partition coefficient (Wildman–Crippen LogP) is 5.51. The summed E-state index contributed by atoms with van der Waals surface area (Å²) in [5.41, 5.74) is -0.442. The van der Waals surface area contributed by atoms with E-state index in [9.17, 15) is 26.4 Å². The van der Waals surface area contributed by atoms with Gasteiger partial charge in [-0.2, -0.15) is 13.2 Å². The Balaban J connectivity index is 1.61. The Morgan fingerprint density at radius 2 is 1.65 bits per heavy atom. The molecule has 0 aliphatic rings. The van der Waals surface area contributed by atoms with E-state index in [0.717, 1.165) is 17.7 Å². The standard InChI is InChI=1S/C22H17Cl2F3N2O4S/c23-18-8-6-15(10-17(18)22(25,26)27)29-21(30)13-33-20-9-7-16(11-19(20)24)34(31,32)28-12-14-4-2-1-3-5-14/h1-11,28H,12-13H2,(H,29,30). The average molecular weight is 533 g/mol. The van der Waals surface area contributed by atoms with Crippen molar-refractivity contribution in [2.75, 3.05) is 11.9 Å². The zero-order valence-electron chi connectivity index (χ0n) is 17.2. The molecule has 0 heterocycles. The van der Waals surface area contributed by atoms with Crippen LogP contribution in [0.3, 0.4) is 0 Å². The Bertz CT molecular complexity index is 1290. The number of carbonyl (C=O) groups excluding carboxylic acids is 1. The number of hydrogen-bond acceptors (Lipinski definition) is 4. The van der Waals surface area contributed by atoms with E-state index in [0.29, 0.717) is 6.07 Å². The maximum atomic E-state index is 12.9. The van der Waals surface area contributed by atoms with Gasteiger partial charge in [0.05, 0.1) is 20.5 Å². The van der Waals surface area contributed by atoms with Crippen molar-refractivity contribution >= 4 is 44.8 Å². The second-order valence-corrected chi connectivity index (χ2v) is 9.51. The Hall–Kier alpha value is -2.79. The second kappa shape index (κ2) is 10.6. The van der Waals surface area contributed by atoms with Crippen LogP contribution >= 0.6 is 23.2 Å². The van der Waals surface area contributed by atoms with Gasteiger partial charge in [0.25, 0.3) is 5.91 Å². The number of nitrogens with one attached hydrogen (secondary N) is 2. The molecular formula is C22H17Cl2F3N2O4S. The van der Waals surface area contributed by atoms with Crippen LogP contribution < -0.4 is 14.8 Å². The molecule has 2 N–H and O–H groups in total. The summed E-state index contributed by atoms with van der Waals surface area (Å²) in [4.78, 5) is 12.0. The SMILES string of the molecule is O=C(COc1ccc(S(=O)(=O)NCc2ccccc2)cc1Cl)Nc1ccc(Cl)c(C(F)(F)F)c1. The molecule has 3 rings (SSSR count). The van der Waals surface area contributed by atoms with Crippen LogP contribution in [0.1, 0.15) is 11.1 Å². The number of benzene rings is 3. The molecule has 0 spiro atoms. The molecule has 1 amide bonds. The van der Waals surface area contributed by atoms with Crippen molar-refractivity contribution in [1.29, 1.82) is 0 Å². The molecular weight excluding hydrogens is 516 g/mol. The van der Waals surface area contributed by atoms with Gasteiger partial charge in [0.1, 0.15) is 5.75 Å². The predicted molar refractivity (Wildman–Crippen MR) is 122 cm³/mol. The average Bonchev–Trinajstić information content (AvgIpc) is 2.78. The Kier molecular flexibility index (Phi) is 8.09. The maximum absolute atomic E-state index is 12.9. The van der Waals surface area contributed by atoms with E-state index in [1.165, 1.54) is 18.2 Å². The number of ether oxygens (including phenoxy) is 1. The number of carbonyl (C=O) groups is 1. The minimum absolute atomic E-state index is 0.0194. The number of rotatable bonds is 8. The number of alkyl halides is 3. The van der Waals surface area contributed by atoms with Crippen LogP contribution in [-0.2, 0) is 27.5 Å². The summed E-state index contributed by atoms with van der Waals surface area (Å²) in [5.74, 6) is -0.737. The van der Waals surface area contributed by atoms with Crippen molar-refractivity contribution in [2.24, 2.45) is 0 Å². The van der Waals surface area contributed by atoms with Gasteiger partial charge in [0.2, 0.25) is 10.0 Å². The van der Waals surface area contributed by atoms with Crippen LogP contribution in [-0.4, -0.2) is 20.9 Å². The quantitative estimate of drug-likeness (QED) is 0.400. The van der Waals surface area contributed by atoms with Gasteiger partial charge in [-0.1, -0.05) is 53.5 Å². The zero-order chi connectivity index (χ0) is 24.9. The van der Waals surface area contributed by atoms with Gasteiger partial charge >= 0.3 is 6.18 Å². The molecule has 0 saturated carbocycles. The highest BCUT2D eigenvalue weighted by Crippen LogP contribution is 2.36. The lowest BCUT2D eigenvalue weighted by Gasteiger charge is -2.13. The molecule has 12 heteroatoms. The summed E-state index contributed by atoms with van der Waals surface area (Å²) in [7, 11) is -3.86. The third kappa shape index (κ3) is 6.86. The molecule has 34 heavy (non-hydrogen) atoms. The molecule has 0 unspecified atom stereocenters. The van der Waals surface area contributed by atoms with E-state index >= 15 is 0 Å². The summed E-state index contributed by atoms with van der Waals surface area (Å²) in [6, 6.07) is 15.5. The van der Waals surface area contributed by atoms with Crippen LogP contribution in [0.4, 0.5) is 18.9 Å². The molecule has 0 saturated heterocycles. The van der Waals surface area contributed by atoms with Gasteiger partial charge < -0.3 is 10.1 Å². The molecule has 6 nitrogen and oxygen atoms in total. The van der Waals surface area contributed by atoms with Crippen molar-refractivity contribution < 1.29 is 31.1 Å².